The zero-order chi connectivity index (χ0) is 13.2. The zero-order valence-corrected chi connectivity index (χ0v) is 13.3. The molecule has 0 aliphatic carbocycles. The van der Waals surface area contributed by atoms with Crippen LogP contribution in [0.1, 0.15) is 0 Å². The molecule has 5 heteroatoms. The van der Waals surface area contributed by atoms with E-state index in [0.29, 0.717) is 0 Å². The maximum absolute atomic E-state index is 5.16. The number of hydrogen-bond acceptors (Lipinski definition) is 4. The highest BCUT2D eigenvalue weighted by molar-refractivity contribution is 9.11. The molecule has 19 heavy (non-hydrogen) atoms. The van der Waals surface area contributed by atoms with Crippen LogP contribution in [0.25, 0.3) is 21.1 Å². The van der Waals surface area contributed by atoms with Gasteiger partial charge in [-0.05, 0) is 52.3 Å². The smallest absolute Gasteiger partial charge is 0.124 e. The number of aromatic nitrogens is 1. The van der Waals surface area contributed by atoms with E-state index in [2.05, 4.69) is 32.4 Å². The van der Waals surface area contributed by atoms with Gasteiger partial charge < -0.3 is 4.74 Å². The first-order valence-electron chi connectivity index (χ1n) is 5.62. The second kappa shape index (κ2) is 5.45. The molecule has 0 amide bonds. The number of thiophene rings is 1. The average molecular weight is 352 g/mol. The monoisotopic (exact) mass is 351 g/mol. The van der Waals surface area contributed by atoms with Crippen molar-refractivity contribution in [3.05, 3.63) is 45.6 Å². The van der Waals surface area contributed by atoms with E-state index in [4.69, 9.17) is 4.74 Å². The minimum atomic E-state index is 0.864. The van der Waals surface area contributed by atoms with E-state index < -0.39 is 0 Å². The molecular formula is C14H10BrNOS2. The van der Waals surface area contributed by atoms with Crippen LogP contribution in [0, 0.1) is 0 Å². The molecule has 2 heterocycles. The maximum atomic E-state index is 5.16. The summed E-state index contributed by atoms with van der Waals surface area (Å²) in [6.45, 7) is 0. The first kappa shape index (κ1) is 12.8. The molecule has 0 aliphatic rings. The topological polar surface area (TPSA) is 22.1 Å². The average Bonchev–Trinajstić information content (AvgIpc) is 3.07. The Morgan fingerprint density at radius 2 is 1.89 bits per heavy atom. The Kier molecular flexibility index (Phi) is 3.68. The highest BCUT2D eigenvalue weighted by atomic mass is 79.9. The lowest BCUT2D eigenvalue weighted by Gasteiger charge is -2.00. The van der Waals surface area contributed by atoms with Crippen LogP contribution in [0.5, 0.6) is 5.75 Å². The van der Waals surface area contributed by atoms with E-state index in [1.54, 1.807) is 29.8 Å². The van der Waals surface area contributed by atoms with Gasteiger partial charge in [-0.2, -0.15) is 0 Å². The van der Waals surface area contributed by atoms with Gasteiger partial charge in [0.25, 0.3) is 0 Å². The molecule has 0 saturated heterocycles. The van der Waals surface area contributed by atoms with E-state index in [1.165, 1.54) is 4.88 Å². The van der Waals surface area contributed by atoms with Crippen LogP contribution < -0.4 is 4.74 Å². The van der Waals surface area contributed by atoms with Crippen molar-refractivity contribution in [3.8, 4) is 26.9 Å². The molecule has 0 bridgehead atoms. The third-order valence-electron chi connectivity index (χ3n) is 2.67. The van der Waals surface area contributed by atoms with Gasteiger partial charge in [-0.3, -0.25) is 0 Å². The standard InChI is InChI=1S/C14H10BrNOS2/c1-17-10-4-2-9(3-5-10)14-16-11(8-18-14)12-6-7-13(15)19-12/h2-8H,1H3. The van der Waals surface area contributed by atoms with Crippen molar-refractivity contribution < 1.29 is 4.74 Å². The molecule has 0 radical (unpaired) electrons. The number of halogens is 1. The van der Waals surface area contributed by atoms with Crippen molar-refractivity contribution in [2.75, 3.05) is 7.11 Å². The SMILES string of the molecule is COc1ccc(-c2nc(-c3ccc(Br)s3)cs2)cc1. The van der Waals surface area contributed by atoms with Gasteiger partial charge in [0.15, 0.2) is 0 Å². The summed E-state index contributed by atoms with van der Waals surface area (Å²) in [5.74, 6) is 0.864. The minimum Gasteiger partial charge on any atom is -0.497 e. The molecule has 96 valence electrons. The third-order valence-corrected chi connectivity index (χ3v) is 5.20. The van der Waals surface area contributed by atoms with Crippen LogP contribution in [0.15, 0.2) is 45.6 Å². The molecule has 2 nitrogen and oxygen atoms in total. The third kappa shape index (κ3) is 2.73. The lowest BCUT2D eigenvalue weighted by Crippen LogP contribution is -1.82. The van der Waals surface area contributed by atoms with Crippen LogP contribution in [-0.2, 0) is 0 Å². The highest BCUT2D eigenvalue weighted by Crippen LogP contribution is 2.34. The molecule has 0 unspecified atom stereocenters. The van der Waals surface area contributed by atoms with E-state index in [0.717, 1.165) is 25.8 Å². The predicted molar refractivity (Wildman–Crippen MR) is 85.1 cm³/mol. The van der Waals surface area contributed by atoms with Crippen molar-refractivity contribution in [3.63, 3.8) is 0 Å². The summed E-state index contributed by atoms with van der Waals surface area (Å²) >= 11 is 6.83. The first-order valence-corrected chi connectivity index (χ1v) is 8.11. The van der Waals surface area contributed by atoms with Crippen LogP contribution >= 0.6 is 38.6 Å². The largest absolute Gasteiger partial charge is 0.497 e. The van der Waals surface area contributed by atoms with E-state index in [-0.39, 0.29) is 0 Å². The van der Waals surface area contributed by atoms with Crippen LogP contribution in [0.3, 0.4) is 0 Å². The Bertz CT molecular complexity index is 688. The van der Waals surface area contributed by atoms with Gasteiger partial charge in [-0.25, -0.2) is 4.98 Å². The molecule has 0 saturated carbocycles. The maximum Gasteiger partial charge on any atom is 0.124 e. The Balaban J connectivity index is 1.91. The lowest BCUT2D eigenvalue weighted by molar-refractivity contribution is 0.415. The van der Waals surface area contributed by atoms with Gasteiger partial charge in [0, 0.05) is 10.9 Å². The Morgan fingerprint density at radius 1 is 1.11 bits per heavy atom. The Hall–Kier alpha value is -1.17. The molecule has 0 fully saturated rings. The van der Waals surface area contributed by atoms with Crippen molar-refractivity contribution in [1.82, 2.24) is 4.98 Å². The molecule has 0 spiro atoms. The van der Waals surface area contributed by atoms with E-state index in [1.807, 2.05) is 30.3 Å². The fourth-order valence-corrected chi connectivity index (χ4v) is 3.95. The van der Waals surface area contributed by atoms with Crippen LogP contribution in [0.4, 0.5) is 0 Å². The second-order valence-corrected chi connectivity index (χ2v) is 7.19. The van der Waals surface area contributed by atoms with Crippen molar-refractivity contribution in [2.24, 2.45) is 0 Å². The number of ether oxygens (including phenoxy) is 1. The molecule has 0 aliphatic heterocycles. The molecule has 1 aromatic carbocycles. The summed E-state index contributed by atoms with van der Waals surface area (Å²) in [5, 5.41) is 3.12. The van der Waals surface area contributed by atoms with Gasteiger partial charge in [0.1, 0.15) is 10.8 Å². The first-order chi connectivity index (χ1) is 9.26. The summed E-state index contributed by atoms with van der Waals surface area (Å²) in [7, 11) is 1.67. The number of hydrogen-bond donors (Lipinski definition) is 0. The van der Waals surface area contributed by atoms with Gasteiger partial charge in [0.2, 0.25) is 0 Å². The molecule has 0 atom stereocenters. The zero-order valence-electron chi connectivity index (χ0n) is 10.1. The molecular weight excluding hydrogens is 342 g/mol. The Morgan fingerprint density at radius 3 is 2.53 bits per heavy atom. The number of thiazole rings is 1. The summed E-state index contributed by atoms with van der Waals surface area (Å²) in [6, 6.07) is 12.1. The number of nitrogens with zero attached hydrogens (tertiary/aromatic N) is 1. The fourth-order valence-electron chi connectivity index (χ4n) is 1.71. The van der Waals surface area contributed by atoms with Gasteiger partial charge in [-0.15, -0.1) is 22.7 Å². The predicted octanol–water partition coefficient (Wildman–Crippen LogP) is 5.31. The summed E-state index contributed by atoms with van der Waals surface area (Å²) in [5.41, 5.74) is 2.15. The normalized spacial score (nSPS) is 10.6. The molecule has 3 rings (SSSR count). The second-order valence-electron chi connectivity index (χ2n) is 3.87. The van der Waals surface area contributed by atoms with E-state index >= 15 is 0 Å². The van der Waals surface area contributed by atoms with Gasteiger partial charge in [-0.1, -0.05) is 0 Å². The Labute approximate surface area is 127 Å². The number of benzene rings is 1. The van der Waals surface area contributed by atoms with Gasteiger partial charge >= 0.3 is 0 Å². The molecule has 0 N–H and O–H groups in total. The summed E-state index contributed by atoms with van der Waals surface area (Å²) in [4.78, 5) is 5.87. The molecule has 3 aromatic rings. The quantitative estimate of drug-likeness (QED) is 0.637. The molecule has 2 aromatic heterocycles. The lowest BCUT2D eigenvalue weighted by atomic mass is 10.2. The summed E-state index contributed by atoms with van der Waals surface area (Å²) < 4.78 is 6.29. The minimum absolute atomic E-state index is 0.864. The van der Waals surface area contributed by atoms with Crippen molar-refractivity contribution >= 4 is 38.6 Å². The highest BCUT2D eigenvalue weighted by Gasteiger charge is 2.08. The van der Waals surface area contributed by atoms with Crippen LogP contribution in [0.2, 0.25) is 0 Å². The summed E-state index contributed by atoms with van der Waals surface area (Å²) in [6.07, 6.45) is 0. The van der Waals surface area contributed by atoms with E-state index in [9.17, 15) is 0 Å². The number of rotatable bonds is 3. The van der Waals surface area contributed by atoms with Crippen molar-refractivity contribution in [1.29, 1.82) is 0 Å². The van der Waals surface area contributed by atoms with Gasteiger partial charge in [0.05, 0.1) is 21.5 Å². The van der Waals surface area contributed by atoms with Crippen molar-refractivity contribution in [2.45, 2.75) is 0 Å². The fraction of sp³-hybridized carbons (Fsp3) is 0.0714. The van der Waals surface area contributed by atoms with Crippen LogP contribution in [-0.4, -0.2) is 12.1 Å². The number of methoxy groups -OCH3 is 1.